The lowest BCUT2D eigenvalue weighted by atomic mass is 10.00. The van der Waals surface area contributed by atoms with Crippen LogP contribution in [0.15, 0.2) is 12.1 Å². The van der Waals surface area contributed by atoms with Crippen molar-refractivity contribution in [3.05, 3.63) is 28.8 Å². The summed E-state index contributed by atoms with van der Waals surface area (Å²) < 4.78 is 5.25. The number of carbonyl (C=O) groups excluding carboxylic acids is 2. The van der Waals surface area contributed by atoms with Crippen LogP contribution in [0.2, 0.25) is 0 Å². The van der Waals surface area contributed by atoms with Gasteiger partial charge in [-0.1, -0.05) is 0 Å². The first-order chi connectivity index (χ1) is 9.02. The summed E-state index contributed by atoms with van der Waals surface area (Å²) in [6.45, 7) is 5.61. The van der Waals surface area contributed by atoms with E-state index in [0.717, 1.165) is 24.2 Å². The van der Waals surface area contributed by atoms with Crippen LogP contribution in [0, 0.1) is 13.8 Å². The van der Waals surface area contributed by atoms with Crippen molar-refractivity contribution in [1.82, 2.24) is 4.90 Å². The van der Waals surface area contributed by atoms with E-state index in [9.17, 15) is 9.59 Å². The van der Waals surface area contributed by atoms with Crippen molar-refractivity contribution >= 4 is 11.7 Å². The molecule has 0 N–H and O–H groups in total. The lowest BCUT2D eigenvalue weighted by Crippen LogP contribution is -2.13. The van der Waals surface area contributed by atoms with Crippen molar-refractivity contribution in [2.45, 2.75) is 26.7 Å². The number of ether oxygens (including phenoxy) is 1. The van der Waals surface area contributed by atoms with Gasteiger partial charge in [-0.15, -0.1) is 0 Å². The van der Waals surface area contributed by atoms with E-state index in [4.69, 9.17) is 4.74 Å². The van der Waals surface area contributed by atoms with Gasteiger partial charge in [0, 0.05) is 25.9 Å². The summed E-state index contributed by atoms with van der Waals surface area (Å²) >= 11 is 0. The predicted molar refractivity (Wildman–Crippen MR) is 72.6 cm³/mol. The molecule has 1 fully saturated rings. The zero-order chi connectivity index (χ0) is 14.0. The van der Waals surface area contributed by atoms with Gasteiger partial charge in [-0.05, 0) is 37.1 Å². The second-order valence-electron chi connectivity index (χ2n) is 4.94. The van der Waals surface area contributed by atoms with Crippen molar-refractivity contribution in [3.63, 3.8) is 0 Å². The molecule has 1 heterocycles. The quantitative estimate of drug-likeness (QED) is 0.602. The number of Topliss-reactive ketones (excluding diaryl/α,β-unsaturated/α-hetero) is 1. The number of amides is 1. The van der Waals surface area contributed by atoms with E-state index in [2.05, 4.69) is 0 Å². The highest BCUT2D eigenvalue weighted by Gasteiger charge is 2.24. The molecule has 102 valence electrons. The van der Waals surface area contributed by atoms with Crippen LogP contribution in [-0.4, -0.2) is 36.8 Å². The van der Waals surface area contributed by atoms with Crippen LogP contribution in [0.3, 0.4) is 0 Å². The number of nitrogens with zero attached hydrogens (tertiary/aromatic N) is 1. The normalized spacial score (nSPS) is 13.3. The third-order valence-electron chi connectivity index (χ3n) is 3.48. The molecular weight excluding hydrogens is 242 g/mol. The Morgan fingerprint density at radius 3 is 2.37 bits per heavy atom. The SMILES string of the molecule is COc1cc(C)c(C)cc1C(=O)CCC(=O)N1CC1. The Bertz CT molecular complexity index is 518. The van der Waals surface area contributed by atoms with Gasteiger partial charge in [0.1, 0.15) is 5.75 Å². The van der Waals surface area contributed by atoms with Crippen LogP contribution in [-0.2, 0) is 4.79 Å². The fourth-order valence-electron chi connectivity index (χ4n) is 1.99. The maximum atomic E-state index is 12.2. The minimum absolute atomic E-state index is 0.0323. The third-order valence-corrected chi connectivity index (χ3v) is 3.48. The molecule has 1 amide bonds. The number of hydrogen-bond donors (Lipinski definition) is 0. The largest absolute Gasteiger partial charge is 0.496 e. The van der Waals surface area contributed by atoms with Crippen molar-refractivity contribution in [3.8, 4) is 5.75 Å². The first-order valence-corrected chi connectivity index (χ1v) is 6.49. The van der Waals surface area contributed by atoms with Crippen LogP contribution >= 0.6 is 0 Å². The molecule has 0 saturated carbocycles. The molecule has 1 saturated heterocycles. The second kappa shape index (κ2) is 5.43. The van der Waals surface area contributed by atoms with Gasteiger partial charge in [0.2, 0.25) is 5.91 Å². The molecule has 1 aliphatic heterocycles. The number of rotatable bonds is 5. The molecule has 0 aliphatic carbocycles. The molecule has 4 heteroatoms. The van der Waals surface area contributed by atoms with E-state index in [1.54, 1.807) is 12.0 Å². The van der Waals surface area contributed by atoms with Crippen LogP contribution in [0.25, 0.3) is 0 Å². The van der Waals surface area contributed by atoms with Crippen molar-refractivity contribution in [2.75, 3.05) is 20.2 Å². The summed E-state index contributed by atoms with van der Waals surface area (Å²) in [6, 6.07) is 3.72. The van der Waals surface area contributed by atoms with Crippen molar-refractivity contribution in [2.24, 2.45) is 0 Å². The molecule has 1 aromatic carbocycles. The summed E-state index contributed by atoms with van der Waals surface area (Å²) in [5.41, 5.74) is 2.72. The summed E-state index contributed by atoms with van der Waals surface area (Å²) in [5, 5.41) is 0. The van der Waals surface area contributed by atoms with Crippen molar-refractivity contribution in [1.29, 1.82) is 0 Å². The Kier molecular flexibility index (Phi) is 3.88. The molecule has 0 radical (unpaired) electrons. The Balaban J connectivity index is 2.09. The van der Waals surface area contributed by atoms with Crippen LogP contribution in [0.5, 0.6) is 5.75 Å². The van der Waals surface area contributed by atoms with E-state index in [1.165, 1.54) is 0 Å². The lowest BCUT2D eigenvalue weighted by Gasteiger charge is -2.11. The van der Waals surface area contributed by atoms with E-state index >= 15 is 0 Å². The molecule has 1 aromatic rings. The molecule has 4 nitrogen and oxygen atoms in total. The zero-order valence-corrected chi connectivity index (χ0v) is 11.7. The molecule has 19 heavy (non-hydrogen) atoms. The maximum absolute atomic E-state index is 12.2. The minimum Gasteiger partial charge on any atom is -0.496 e. The van der Waals surface area contributed by atoms with Crippen LogP contribution in [0.4, 0.5) is 0 Å². The van der Waals surface area contributed by atoms with Gasteiger partial charge >= 0.3 is 0 Å². The monoisotopic (exact) mass is 261 g/mol. The summed E-state index contributed by atoms with van der Waals surface area (Å²) in [4.78, 5) is 25.5. The molecule has 0 spiro atoms. The Labute approximate surface area is 113 Å². The Morgan fingerprint density at radius 2 is 1.79 bits per heavy atom. The molecule has 0 unspecified atom stereocenters. The molecular formula is C15H19NO3. The molecule has 0 aromatic heterocycles. The highest BCUT2D eigenvalue weighted by Crippen LogP contribution is 2.25. The topological polar surface area (TPSA) is 46.4 Å². The summed E-state index contributed by atoms with van der Waals surface area (Å²) in [7, 11) is 1.56. The predicted octanol–water partition coefficient (Wildman–Crippen LogP) is 2.12. The van der Waals surface area contributed by atoms with E-state index in [0.29, 0.717) is 11.3 Å². The first kappa shape index (κ1) is 13.6. The highest BCUT2D eigenvalue weighted by atomic mass is 16.5. The van der Waals surface area contributed by atoms with Gasteiger partial charge in [0.05, 0.1) is 12.7 Å². The van der Waals surface area contributed by atoms with Gasteiger partial charge < -0.3 is 9.64 Å². The molecule has 2 rings (SSSR count). The Hall–Kier alpha value is -1.84. The minimum atomic E-state index is -0.0323. The fourth-order valence-corrected chi connectivity index (χ4v) is 1.99. The number of methoxy groups -OCH3 is 1. The number of hydrogen-bond acceptors (Lipinski definition) is 3. The van der Waals surface area contributed by atoms with Gasteiger partial charge in [-0.25, -0.2) is 0 Å². The van der Waals surface area contributed by atoms with Gasteiger partial charge in [-0.2, -0.15) is 0 Å². The fraction of sp³-hybridized carbons (Fsp3) is 0.467. The van der Waals surface area contributed by atoms with Crippen LogP contribution in [0.1, 0.15) is 34.3 Å². The lowest BCUT2D eigenvalue weighted by molar-refractivity contribution is -0.125. The molecule has 1 aliphatic rings. The van der Waals surface area contributed by atoms with E-state index in [-0.39, 0.29) is 24.5 Å². The zero-order valence-electron chi connectivity index (χ0n) is 11.7. The smallest absolute Gasteiger partial charge is 0.223 e. The van der Waals surface area contributed by atoms with Crippen LogP contribution < -0.4 is 4.74 Å². The number of benzene rings is 1. The molecule has 0 bridgehead atoms. The van der Waals surface area contributed by atoms with E-state index in [1.807, 2.05) is 26.0 Å². The standard InChI is InChI=1S/C15H19NO3/c1-10-8-12(14(19-3)9-11(10)2)13(17)4-5-15(18)16-6-7-16/h8-9H,4-7H2,1-3H3. The highest BCUT2D eigenvalue weighted by molar-refractivity contribution is 6.00. The summed E-state index contributed by atoms with van der Waals surface area (Å²) in [5.74, 6) is 0.624. The average Bonchev–Trinajstić information content (AvgIpc) is 3.22. The number of ketones is 1. The first-order valence-electron chi connectivity index (χ1n) is 6.49. The van der Waals surface area contributed by atoms with Crippen molar-refractivity contribution < 1.29 is 14.3 Å². The summed E-state index contributed by atoms with van der Waals surface area (Å²) in [6.07, 6.45) is 0.531. The maximum Gasteiger partial charge on any atom is 0.223 e. The number of aryl methyl sites for hydroxylation is 2. The third kappa shape index (κ3) is 3.13. The second-order valence-corrected chi connectivity index (χ2v) is 4.94. The average molecular weight is 261 g/mol. The number of carbonyl (C=O) groups is 2. The van der Waals surface area contributed by atoms with Gasteiger partial charge in [-0.3, -0.25) is 9.59 Å². The molecule has 0 atom stereocenters. The Morgan fingerprint density at radius 1 is 1.16 bits per heavy atom. The van der Waals surface area contributed by atoms with E-state index < -0.39 is 0 Å². The van der Waals surface area contributed by atoms with Gasteiger partial charge in [0.15, 0.2) is 5.78 Å². The van der Waals surface area contributed by atoms with Gasteiger partial charge in [0.25, 0.3) is 0 Å².